The summed E-state index contributed by atoms with van der Waals surface area (Å²) in [6, 6.07) is 20.2. The van der Waals surface area contributed by atoms with Crippen molar-refractivity contribution in [1.82, 2.24) is 9.47 Å². The fourth-order valence-electron chi connectivity index (χ4n) is 3.32. The number of nitro benzene ring substituents is 1. The Morgan fingerprint density at radius 1 is 1.07 bits per heavy atom. The second kappa shape index (κ2) is 8.18. The van der Waals surface area contributed by atoms with E-state index in [1.54, 1.807) is 12.1 Å². The molecule has 1 aromatic heterocycles. The van der Waals surface area contributed by atoms with Crippen molar-refractivity contribution in [2.75, 3.05) is 5.32 Å². The molecular formula is C22H22N4O3. The van der Waals surface area contributed by atoms with Crippen LogP contribution in [0.1, 0.15) is 24.1 Å². The maximum Gasteiger partial charge on any atom is 0.322 e. The van der Waals surface area contributed by atoms with Crippen molar-refractivity contribution < 1.29 is 9.72 Å². The fraction of sp³-hybridized carbons (Fsp3) is 0.227. The summed E-state index contributed by atoms with van der Waals surface area (Å²) in [6.07, 6.45) is 4.02. The number of benzene rings is 2. The van der Waals surface area contributed by atoms with Gasteiger partial charge in [-0.05, 0) is 42.7 Å². The SMILES string of the molecule is O=C(Nc1ccc([N+](=O)[O-])cc1)N(Cc1cccn1Cc1ccccc1)C1CC1. The zero-order chi connectivity index (χ0) is 20.2. The summed E-state index contributed by atoms with van der Waals surface area (Å²) in [4.78, 5) is 25.1. The molecule has 0 radical (unpaired) electrons. The van der Waals surface area contributed by atoms with Crippen LogP contribution < -0.4 is 5.32 Å². The zero-order valence-corrected chi connectivity index (χ0v) is 15.9. The first-order valence-corrected chi connectivity index (χ1v) is 9.60. The Labute approximate surface area is 168 Å². The molecule has 1 N–H and O–H groups in total. The molecule has 3 aromatic rings. The Hall–Kier alpha value is -3.61. The molecule has 2 amide bonds. The third kappa shape index (κ3) is 4.63. The van der Waals surface area contributed by atoms with Crippen molar-refractivity contribution in [2.24, 2.45) is 0 Å². The van der Waals surface area contributed by atoms with Crippen LogP contribution in [0.15, 0.2) is 72.9 Å². The van der Waals surface area contributed by atoms with Crippen LogP contribution in [0.25, 0.3) is 0 Å². The predicted octanol–water partition coefficient (Wildman–Crippen LogP) is 4.64. The zero-order valence-electron chi connectivity index (χ0n) is 15.9. The minimum Gasteiger partial charge on any atom is -0.345 e. The first-order valence-electron chi connectivity index (χ1n) is 9.60. The monoisotopic (exact) mass is 390 g/mol. The van der Waals surface area contributed by atoms with Crippen LogP contribution in [0.2, 0.25) is 0 Å². The van der Waals surface area contributed by atoms with Crippen molar-refractivity contribution in [1.29, 1.82) is 0 Å². The molecular weight excluding hydrogens is 368 g/mol. The maximum atomic E-state index is 12.9. The van der Waals surface area contributed by atoms with Gasteiger partial charge < -0.3 is 14.8 Å². The summed E-state index contributed by atoms with van der Waals surface area (Å²) in [5.41, 5.74) is 2.82. The first kappa shape index (κ1) is 18.7. The molecule has 148 valence electrons. The van der Waals surface area contributed by atoms with Crippen LogP contribution in [0.4, 0.5) is 16.2 Å². The predicted molar refractivity (Wildman–Crippen MR) is 111 cm³/mol. The van der Waals surface area contributed by atoms with Crippen LogP contribution in [0.3, 0.4) is 0 Å². The second-order valence-corrected chi connectivity index (χ2v) is 7.21. The molecule has 4 rings (SSSR count). The average Bonchev–Trinajstić information content (AvgIpc) is 3.47. The van der Waals surface area contributed by atoms with E-state index in [1.165, 1.54) is 17.7 Å². The van der Waals surface area contributed by atoms with Gasteiger partial charge in [0, 0.05) is 42.3 Å². The number of anilines is 1. The van der Waals surface area contributed by atoms with E-state index in [1.807, 2.05) is 41.4 Å². The van der Waals surface area contributed by atoms with E-state index in [-0.39, 0.29) is 17.8 Å². The van der Waals surface area contributed by atoms with E-state index < -0.39 is 4.92 Å². The molecule has 0 spiro atoms. The number of nitrogens with one attached hydrogen (secondary N) is 1. The fourth-order valence-corrected chi connectivity index (χ4v) is 3.32. The lowest BCUT2D eigenvalue weighted by Gasteiger charge is -2.24. The Morgan fingerprint density at radius 2 is 1.79 bits per heavy atom. The van der Waals surface area contributed by atoms with E-state index in [4.69, 9.17) is 0 Å². The normalized spacial score (nSPS) is 13.1. The standard InChI is InChI=1S/C22H22N4O3/c27-22(23-18-8-10-20(11-9-18)26(28)29)25(19-12-13-19)16-21-7-4-14-24(21)15-17-5-2-1-3-6-17/h1-11,14,19H,12-13,15-16H2,(H,23,27). The summed E-state index contributed by atoms with van der Waals surface area (Å²) in [7, 11) is 0. The lowest BCUT2D eigenvalue weighted by atomic mass is 10.2. The second-order valence-electron chi connectivity index (χ2n) is 7.21. The number of aromatic nitrogens is 1. The summed E-state index contributed by atoms with van der Waals surface area (Å²) in [5, 5.41) is 13.7. The molecule has 1 fully saturated rings. The number of hydrogen-bond acceptors (Lipinski definition) is 3. The molecule has 7 nitrogen and oxygen atoms in total. The number of nitro groups is 1. The number of amides is 2. The van der Waals surface area contributed by atoms with Gasteiger partial charge in [-0.3, -0.25) is 10.1 Å². The Balaban J connectivity index is 1.45. The highest BCUT2D eigenvalue weighted by Crippen LogP contribution is 2.29. The van der Waals surface area contributed by atoms with Gasteiger partial charge in [-0.2, -0.15) is 0 Å². The van der Waals surface area contributed by atoms with Gasteiger partial charge in [0.15, 0.2) is 0 Å². The van der Waals surface area contributed by atoms with E-state index in [9.17, 15) is 14.9 Å². The van der Waals surface area contributed by atoms with Crippen LogP contribution >= 0.6 is 0 Å². The molecule has 0 saturated heterocycles. The van der Waals surface area contributed by atoms with E-state index in [0.29, 0.717) is 12.2 Å². The minimum absolute atomic E-state index is 0.000729. The van der Waals surface area contributed by atoms with Gasteiger partial charge in [-0.25, -0.2) is 4.79 Å². The summed E-state index contributed by atoms with van der Waals surface area (Å²) < 4.78 is 2.16. The molecule has 1 heterocycles. The van der Waals surface area contributed by atoms with E-state index in [2.05, 4.69) is 22.0 Å². The molecule has 2 aromatic carbocycles. The van der Waals surface area contributed by atoms with E-state index in [0.717, 1.165) is 25.1 Å². The molecule has 29 heavy (non-hydrogen) atoms. The summed E-state index contributed by atoms with van der Waals surface area (Å²) in [6.45, 7) is 1.27. The van der Waals surface area contributed by atoms with Crippen molar-refractivity contribution >= 4 is 17.4 Å². The van der Waals surface area contributed by atoms with Crippen LogP contribution in [0, 0.1) is 10.1 Å². The highest BCUT2D eigenvalue weighted by molar-refractivity contribution is 5.89. The third-order valence-electron chi connectivity index (χ3n) is 5.03. The smallest absolute Gasteiger partial charge is 0.322 e. The van der Waals surface area contributed by atoms with Gasteiger partial charge in [-0.15, -0.1) is 0 Å². The van der Waals surface area contributed by atoms with Gasteiger partial charge >= 0.3 is 6.03 Å². The Bertz CT molecular complexity index is 994. The molecule has 0 unspecified atom stereocenters. The number of non-ortho nitro benzene ring substituents is 1. The largest absolute Gasteiger partial charge is 0.345 e. The molecule has 7 heteroatoms. The van der Waals surface area contributed by atoms with Crippen molar-refractivity contribution in [2.45, 2.75) is 32.0 Å². The number of urea groups is 1. The minimum atomic E-state index is -0.455. The lowest BCUT2D eigenvalue weighted by Crippen LogP contribution is -2.36. The summed E-state index contributed by atoms with van der Waals surface area (Å²) in [5.74, 6) is 0. The molecule has 1 aliphatic rings. The quantitative estimate of drug-likeness (QED) is 0.471. The lowest BCUT2D eigenvalue weighted by molar-refractivity contribution is -0.384. The first-order chi connectivity index (χ1) is 14.1. The van der Waals surface area contributed by atoms with Gasteiger partial charge in [0.2, 0.25) is 0 Å². The number of carbonyl (C=O) groups excluding carboxylic acids is 1. The molecule has 0 bridgehead atoms. The van der Waals surface area contributed by atoms with Crippen molar-refractivity contribution in [3.8, 4) is 0 Å². The van der Waals surface area contributed by atoms with Crippen LogP contribution in [-0.4, -0.2) is 26.5 Å². The maximum absolute atomic E-state index is 12.9. The topological polar surface area (TPSA) is 80.4 Å². The number of carbonyl (C=O) groups is 1. The highest BCUT2D eigenvalue weighted by atomic mass is 16.6. The number of hydrogen-bond donors (Lipinski definition) is 1. The molecule has 1 aliphatic carbocycles. The van der Waals surface area contributed by atoms with Crippen molar-refractivity contribution in [3.05, 3.63) is 94.3 Å². The van der Waals surface area contributed by atoms with Crippen LogP contribution in [-0.2, 0) is 13.1 Å². The number of rotatable bonds is 7. The Morgan fingerprint density at radius 3 is 2.45 bits per heavy atom. The Kier molecular flexibility index (Phi) is 5.29. The van der Waals surface area contributed by atoms with E-state index >= 15 is 0 Å². The van der Waals surface area contributed by atoms with Crippen LogP contribution in [0.5, 0.6) is 0 Å². The van der Waals surface area contributed by atoms with Gasteiger partial charge in [0.05, 0.1) is 11.5 Å². The van der Waals surface area contributed by atoms with Gasteiger partial charge in [-0.1, -0.05) is 30.3 Å². The number of nitrogens with zero attached hydrogens (tertiary/aromatic N) is 3. The molecule has 0 atom stereocenters. The highest BCUT2D eigenvalue weighted by Gasteiger charge is 2.33. The van der Waals surface area contributed by atoms with Gasteiger partial charge in [0.1, 0.15) is 0 Å². The average molecular weight is 390 g/mol. The molecule has 0 aliphatic heterocycles. The third-order valence-corrected chi connectivity index (χ3v) is 5.03. The molecule has 1 saturated carbocycles. The van der Waals surface area contributed by atoms with Crippen molar-refractivity contribution in [3.63, 3.8) is 0 Å². The summed E-state index contributed by atoms with van der Waals surface area (Å²) >= 11 is 0. The van der Waals surface area contributed by atoms with Gasteiger partial charge in [0.25, 0.3) is 5.69 Å².